The molecular formula is C13H20N4O. The van der Waals surface area contributed by atoms with Crippen LogP contribution in [0.4, 0.5) is 5.82 Å². The second-order valence-electron chi connectivity index (χ2n) is 5.46. The van der Waals surface area contributed by atoms with Crippen molar-refractivity contribution >= 4 is 5.82 Å². The third-order valence-corrected chi connectivity index (χ3v) is 4.19. The van der Waals surface area contributed by atoms with Crippen LogP contribution in [0.15, 0.2) is 17.2 Å². The van der Waals surface area contributed by atoms with Gasteiger partial charge in [-0.15, -0.1) is 0 Å². The number of aromatic nitrogens is 2. The normalized spacial score (nSPS) is 27.8. The van der Waals surface area contributed by atoms with Gasteiger partial charge < -0.3 is 15.2 Å². The fourth-order valence-corrected chi connectivity index (χ4v) is 2.88. The molecule has 2 heterocycles. The molecule has 1 aliphatic carbocycles. The fraction of sp³-hybridized carbons (Fsp3) is 0.692. The van der Waals surface area contributed by atoms with Gasteiger partial charge in [0.25, 0.3) is 5.56 Å². The van der Waals surface area contributed by atoms with Gasteiger partial charge >= 0.3 is 0 Å². The molecule has 5 nitrogen and oxygen atoms in total. The summed E-state index contributed by atoms with van der Waals surface area (Å²) in [4.78, 5) is 18.8. The van der Waals surface area contributed by atoms with Crippen molar-refractivity contribution in [1.29, 1.82) is 0 Å². The van der Waals surface area contributed by atoms with Gasteiger partial charge in [-0.3, -0.25) is 4.79 Å². The summed E-state index contributed by atoms with van der Waals surface area (Å²) in [5.74, 6) is 1.12. The Morgan fingerprint density at radius 2 is 2.22 bits per heavy atom. The number of nitrogens with two attached hydrogens (primary N) is 1. The Hall–Kier alpha value is -1.36. The molecule has 0 amide bonds. The first-order valence-corrected chi connectivity index (χ1v) is 6.76. The zero-order valence-corrected chi connectivity index (χ0v) is 10.7. The Morgan fingerprint density at radius 3 is 2.89 bits per heavy atom. The summed E-state index contributed by atoms with van der Waals surface area (Å²) in [5.41, 5.74) is 5.88. The summed E-state index contributed by atoms with van der Waals surface area (Å²) in [5, 5.41) is 0. The Morgan fingerprint density at radius 1 is 1.44 bits per heavy atom. The van der Waals surface area contributed by atoms with Crippen LogP contribution >= 0.6 is 0 Å². The Kier molecular flexibility index (Phi) is 2.86. The van der Waals surface area contributed by atoms with Gasteiger partial charge in [-0.1, -0.05) is 6.92 Å². The lowest BCUT2D eigenvalue weighted by atomic mass is 10.0. The SMILES string of the molecule is CC1CCN(c2nccn(C3CC3)c2=O)C1CN. The number of hydrogen-bond donors (Lipinski definition) is 1. The van der Waals surface area contributed by atoms with Crippen LogP contribution in [0.25, 0.3) is 0 Å². The Bertz CT molecular complexity index is 494. The van der Waals surface area contributed by atoms with E-state index in [0.29, 0.717) is 24.3 Å². The minimum Gasteiger partial charge on any atom is -0.347 e. The lowest BCUT2D eigenvalue weighted by Gasteiger charge is -2.26. The fourth-order valence-electron chi connectivity index (χ4n) is 2.88. The summed E-state index contributed by atoms with van der Waals surface area (Å²) in [6.45, 7) is 3.67. The van der Waals surface area contributed by atoms with Gasteiger partial charge in [0.05, 0.1) is 0 Å². The first-order chi connectivity index (χ1) is 8.72. The number of anilines is 1. The zero-order valence-electron chi connectivity index (χ0n) is 10.7. The van der Waals surface area contributed by atoms with Crippen molar-refractivity contribution in [2.24, 2.45) is 11.7 Å². The molecule has 1 aromatic rings. The van der Waals surface area contributed by atoms with Crippen molar-refractivity contribution in [3.05, 3.63) is 22.7 Å². The molecule has 2 fully saturated rings. The third kappa shape index (κ3) is 1.82. The molecule has 2 atom stereocenters. The van der Waals surface area contributed by atoms with Crippen LogP contribution in [0.5, 0.6) is 0 Å². The van der Waals surface area contributed by atoms with E-state index in [1.807, 2.05) is 4.57 Å². The standard InChI is InChI=1S/C13H20N4O/c1-9-4-6-17(11(9)8-14)12-13(18)16(7-5-15-12)10-2-3-10/h5,7,9-11H,2-4,6,8,14H2,1H3. The van der Waals surface area contributed by atoms with E-state index in [2.05, 4.69) is 16.8 Å². The van der Waals surface area contributed by atoms with Crippen LogP contribution in [0.3, 0.4) is 0 Å². The molecule has 1 saturated carbocycles. The predicted molar refractivity (Wildman–Crippen MR) is 70.7 cm³/mol. The van der Waals surface area contributed by atoms with Gasteiger partial charge in [-0.25, -0.2) is 4.98 Å². The Balaban J connectivity index is 1.97. The third-order valence-electron chi connectivity index (χ3n) is 4.19. The highest BCUT2D eigenvalue weighted by Crippen LogP contribution is 2.34. The molecule has 0 bridgehead atoms. The van der Waals surface area contributed by atoms with E-state index in [-0.39, 0.29) is 11.6 Å². The molecule has 1 aliphatic heterocycles. The molecule has 18 heavy (non-hydrogen) atoms. The van der Waals surface area contributed by atoms with Crippen LogP contribution in [-0.2, 0) is 0 Å². The summed E-state index contributed by atoms with van der Waals surface area (Å²) in [7, 11) is 0. The number of nitrogens with zero attached hydrogens (tertiary/aromatic N) is 3. The molecule has 0 spiro atoms. The van der Waals surface area contributed by atoms with Crippen LogP contribution in [0.2, 0.25) is 0 Å². The van der Waals surface area contributed by atoms with E-state index in [1.54, 1.807) is 12.4 Å². The lowest BCUT2D eigenvalue weighted by Crippen LogP contribution is -2.42. The molecule has 5 heteroatoms. The van der Waals surface area contributed by atoms with Crippen LogP contribution in [0.1, 0.15) is 32.2 Å². The van der Waals surface area contributed by atoms with Crippen LogP contribution in [0, 0.1) is 5.92 Å². The largest absolute Gasteiger partial charge is 0.347 e. The first kappa shape index (κ1) is 11.7. The maximum absolute atomic E-state index is 12.4. The second-order valence-corrected chi connectivity index (χ2v) is 5.46. The molecule has 2 aliphatic rings. The quantitative estimate of drug-likeness (QED) is 0.857. The highest BCUT2D eigenvalue weighted by molar-refractivity contribution is 5.39. The zero-order chi connectivity index (χ0) is 12.7. The van der Waals surface area contributed by atoms with Crippen molar-refractivity contribution in [2.45, 2.75) is 38.3 Å². The van der Waals surface area contributed by atoms with E-state index >= 15 is 0 Å². The second kappa shape index (κ2) is 4.39. The molecule has 2 unspecified atom stereocenters. The van der Waals surface area contributed by atoms with E-state index in [4.69, 9.17) is 5.73 Å². The summed E-state index contributed by atoms with van der Waals surface area (Å²) >= 11 is 0. The van der Waals surface area contributed by atoms with Gasteiger partial charge in [0.1, 0.15) is 0 Å². The maximum atomic E-state index is 12.4. The van der Waals surface area contributed by atoms with Crippen molar-refractivity contribution in [3.63, 3.8) is 0 Å². The maximum Gasteiger partial charge on any atom is 0.293 e. The first-order valence-electron chi connectivity index (χ1n) is 6.76. The van der Waals surface area contributed by atoms with Gasteiger partial charge in [0, 0.05) is 37.6 Å². The lowest BCUT2D eigenvalue weighted by molar-refractivity contribution is 0.515. The van der Waals surface area contributed by atoms with Gasteiger partial charge in [-0.2, -0.15) is 0 Å². The number of rotatable bonds is 3. The highest BCUT2D eigenvalue weighted by atomic mass is 16.1. The average molecular weight is 248 g/mol. The number of hydrogen-bond acceptors (Lipinski definition) is 4. The average Bonchev–Trinajstić information content (AvgIpc) is 3.13. The van der Waals surface area contributed by atoms with E-state index in [0.717, 1.165) is 25.8 Å². The van der Waals surface area contributed by atoms with Crippen molar-refractivity contribution in [2.75, 3.05) is 18.0 Å². The van der Waals surface area contributed by atoms with Crippen LogP contribution < -0.4 is 16.2 Å². The van der Waals surface area contributed by atoms with Crippen molar-refractivity contribution in [1.82, 2.24) is 9.55 Å². The smallest absolute Gasteiger partial charge is 0.293 e. The molecule has 2 N–H and O–H groups in total. The minimum absolute atomic E-state index is 0.0487. The molecule has 98 valence electrons. The summed E-state index contributed by atoms with van der Waals surface area (Å²) in [6.07, 6.45) is 6.85. The van der Waals surface area contributed by atoms with Crippen molar-refractivity contribution in [3.8, 4) is 0 Å². The topological polar surface area (TPSA) is 64.2 Å². The molecule has 1 aromatic heterocycles. The van der Waals surface area contributed by atoms with Gasteiger partial charge in [0.2, 0.25) is 0 Å². The van der Waals surface area contributed by atoms with Crippen molar-refractivity contribution < 1.29 is 0 Å². The summed E-state index contributed by atoms with van der Waals surface area (Å²) < 4.78 is 1.83. The molecular weight excluding hydrogens is 228 g/mol. The van der Waals surface area contributed by atoms with Crippen LogP contribution in [-0.4, -0.2) is 28.7 Å². The van der Waals surface area contributed by atoms with E-state index < -0.39 is 0 Å². The monoisotopic (exact) mass is 248 g/mol. The molecule has 1 saturated heterocycles. The van der Waals surface area contributed by atoms with Gasteiger partial charge in [0.15, 0.2) is 5.82 Å². The summed E-state index contributed by atoms with van der Waals surface area (Å²) in [6, 6.07) is 0.649. The minimum atomic E-state index is 0.0487. The molecule has 0 radical (unpaired) electrons. The van der Waals surface area contributed by atoms with E-state index in [1.165, 1.54) is 0 Å². The molecule has 0 aromatic carbocycles. The highest BCUT2D eigenvalue weighted by Gasteiger charge is 2.33. The van der Waals surface area contributed by atoms with Gasteiger partial charge in [-0.05, 0) is 25.2 Å². The molecule has 3 rings (SSSR count). The van der Waals surface area contributed by atoms with E-state index in [9.17, 15) is 4.79 Å². The Labute approximate surface area is 107 Å². The predicted octanol–water partition coefficient (Wildman–Crippen LogP) is 0.752.